The van der Waals surface area contributed by atoms with Crippen molar-refractivity contribution in [1.29, 1.82) is 0 Å². The fourth-order valence-electron chi connectivity index (χ4n) is 2.19. The summed E-state index contributed by atoms with van der Waals surface area (Å²) in [5.41, 5.74) is 0.790. The third-order valence-electron chi connectivity index (χ3n) is 3.31. The van der Waals surface area contributed by atoms with Crippen molar-refractivity contribution in [2.45, 2.75) is 45.7 Å². The van der Waals surface area contributed by atoms with Crippen molar-refractivity contribution in [3.05, 3.63) is 35.0 Å². The molecule has 0 aliphatic carbocycles. The van der Waals surface area contributed by atoms with Gasteiger partial charge < -0.3 is 9.73 Å². The molecule has 1 N–H and O–H groups in total. The molecule has 98 valence electrons. The molecule has 2 aromatic rings. The van der Waals surface area contributed by atoms with Crippen molar-refractivity contribution >= 4 is 22.6 Å². The van der Waals surface area contributed by atoms with Gasteiger partial charge in [0.1, 0.15) is 5.76 Å². The maximum Gasteiger partial charge on any atom is 0.152 e. The van der Waals surface area contributed by atoms with E-state index in [9.17, 15) is 0 Å². The van der Waals surface area contributed by atoms with Crippen LogP contribution in [0.3, 0.4) is 0 Å². The van der Waals surface area contributed by atoms with Gasteiger partial charge >= 0.3 is 0 Å². The maximum absolute atomic E-state index is 6.13. The average molecular weight is 266 g/mol. The highest BCUT2D eigenvalue weighted by Crippen LogP contribution is 2.31. The zero-order valence-electron chi connectivity index (χ0n) is 11.3. The molecule has 0 fully saturated rings. The second kappa shape index (κ2) is 5.33. The van der Waals surface area contributed by atoms with Crippen LogP contribution in [0.25, 0.3) is 11.0 Å². The fourth-order valence-corrected chi connectivity index (χ4v) is 2.41. The predicted octanol–water partition coefficient (Wildman–Crippen LogP) is 4.58. The Morgan fingerprint density at radius 3 is 2.50 bits per heavy atom. The van der Waals surface area contributed by atoms with Crippen molar-refractivity contribution in [3.63, 3.8) is 0 Å². The Balaban J connectivity index is 2.28. The number of hydrogen-bond acceptors (Lipinski definition) is 2. The SMILES string of the molecule is CC(C)NC(C)C(C)c1cc2cccc(Cl)c2o1. The van der Waals surface area contributed by atoms with Crippen LogP contribution < -0.4 is 5.32 Å². The Morgan fingerprint density at radius 2 is 1.89 bits per heavy atom. The lowest BCUT2D eigenvalue weighted by Crippen LogP contribution is -2.35. The molecule has 2 rings (SSSR count). The molecular formula is C15H20ClNO. The van der Waals surface area contributed by atoms with Crippen LogP contribution in [0, 0.1) is 0 Å². The molecule has 1 aromatic heterocycles. The van der Waals surface area contributed by atoms with Gasteiger partial charge in [0.05, 0.1) is 5.02 Å². The molecule has 0 bridgehead atoms. The highest BCUT2D eigenvalue weighted by molar-refractivity contribution is 6.34. The minimum atomic E-state index is 0.316. The van der Waals surface area contributed by atoms with E-state index in [0.717, 1.165) is 16.7 Å². The molecule has 2 nitrogen and oxygen atoms in total. The van der Waals surface area contributed by atoms with E-state index in [0.29, 0.717) is 23.0 Å². The van der Waals surface area contributed by atoms with Crippen molar-refractivity contribution in [2.24, 2.45) is 0 Å². The van der Waals surface area contributed by atoms with Crippen LogP contribution in [0.15, 0.2) is 28.7 Å². The van der Waals surface area contributed by atoms with Crippen LogP contribution in [0.2, 0.25) is 5.02 Å². The van der Waals surface area contributed by atoms with Crippen LogP contribution in [0.1, 0.15) is 39.4 Å². The maximum atomic E-state index is 6.13. The van der Waals surface area contributed by atoms with E-state index in [1.54, 1.807) is 0 Å². The monoisotopic (exact) mass is 265 g/mol. The van der Waals surface area contributed by atoms with Crippen LogP contribution >= 0.6 is 11.6 Å². The second-order valence-electron chi connectivity index (χ2n) is 5.21. The topological polar surface area (TPSA) is 25.2 Å². The minimum Gasteiger partial charge on any atom is -0.459 e. The van der Waals surface area contributed by atoms with E-state index in [4.69, 9.17) is 16.0 Å². The number of para-hydroxylation sites is 1. The van der Waals surface area contributed by atoms with Crippen molar-refractivity contribution < 1.29 is 4.42 Å². The first-order valence-electron chi connectivity index (χ1n) is 6.43. The second-order valence-corrected chi connectivity index (χ2v) is 5.61. The van der Waals surface area contributed by atoms with Crippen LogP contribution in [-0.2, 0) is 0 Å². The zero-order valence-corrected chi connectivity index (χ0v) is 12.1. The molecular weight excluding hydrogens is 246 g/mol. The predicted molar refractivity (Wildman–Crippen MR) is 77.4 cm³/mol. The summed E-state index contributed by atoms with van der Waals surface area (Å²) in [5, 5.41) is 5.25. The summed E-state index contributed by atoms with van der Waals surface area (Å²) in [6.45, 7) is 8.66. The van der Waals surface area contributed by atoms with Crippen molar-refractivity contribution in [2.75, 3.05) is 0 Å². The molecule has 2 unspecified atom stereocenters. The molecule has 1 heterocycles. The van der Waals surface area contributed by atoms with Gasteiger partial charge in [-0.25, -0.2) is 0 Å². The van der Waals surface area contributed by atoms with Gasteiger partial charge in [0, 0.05) is 23.4 Å². The number of nitrogens with one attached hydrogen (secondary N) is 1. The van der Waals surface area contributed by atoms with E-state index >= 15 is 0 Å². The van der Waals surface area contributed by atoms with Crippen LogP contribution in [-0.4, -0.2) is 12.1 Å². The van der Waals surface area contributed by atoms with E-state index in [1.165, 1.54) is 0 Å². The summed E-state index contributed by atoms with van der Waals surface area (Å²) < 4.78 is 5.89. The quantitative estimate of drug-likeness (QED) is 0.876. The van der Waals surface area contributed by atoms with Crippen molar-refractivity contribution in [1.82, 2.24) is 5.32 Å². The van der Waals surface area contributed by atoms with Crippen molar-refractivity contribution in [3.8, 4) is 0 Å². The molecule has 0 radical (unpaired) electrons. The third kappa shape index (κ3) is 2.70. The number of halogens is 1. The summed E-state index contributed by atoms with van der Waals surface area (Å²) in [5.74, 6) is 1.30. The molecule has 1 aromatic carbocycles. The third-order valence-corrected chi connectivity index (χ3v) is 3.61. The summed E-state index contributed by atoms with van der Waals surface area (Å²) in [4.78, 5) is 0. The summed E-state index contributed by atoms with van der Waals surface area (Å²) in [7, 11) is 0. The normalized spacial score (nSPS) is 15.2. The Hall–Kier alpha value is -0.990. The average Bonchev–Trinajstić information content (AvgIpc) is 2.72. The molecule has 2 atom stereocenters. The summed E-state index contributed by atoms with van der Waals surface area (Å²) in [6, 6.07) is 8.76. The molecule has 0 aliphatic heterocycles. The van der Waals surface area contributed by atoms with Gasteiger partial charge in [-0.2, -0.15) is 0 Å². The first-order chi connectivity index (χ1) is 8.49. The van der Waals surface area contributed by atoms with Crippen LogP contribution in [0.5, 0.6) is 0 Å². The zero-order chi connectivity index (χ0) is 13.3. The standard InChI is InChI=1S/C15H20ClNO/c1-9(2)17-11(4)10(3)14-8-12-6-5-7-13(16)15(12)18-14/h5-11,17H,1-4H3. The van der Waals surface area contributed by atoms with E-state index in [-0.39, 0.29) is 0 Å². The Labute approximate surface area is 113 Å². The highest BCUT2D eigenvalue weighted by Gasteiger charge is 2.19. The lowest BCUT2D eigenvalue weighted by Gasteiger charge is -2.21. The Morgan fingerprint density at radius 1 is 1.17 bits per heavy atom. The van der Waals surface area contributed by atoms with Gasteiger partial charge in [-0.1, -0.05) is 44.5 Å². The number of furan rings is 1. The van der Waals surface area contributed by atoms with E-state index in [1.807, 2.05) is 18.2 Å². The van der Waals surface area contributed by atoms with Gasteiger partial charge in [-0.3, -0.25) is 0 Å². The Kier molecular flexibility index (Phi) is 3.98. The first-order valence-corrected chi connectivity index (χ1v) is 6.81. The lowest BCUT2D eigenvalue weighted by molar-refractivity contribution is 0.393. The molecule has 0 saturated carbocycles. The van der Waals surface area contributed by atoms with Gasteiger partial charge in [-0.05, 0) is 19.1 Å². The lowest BCUT2D eigenvalue weighted by atomic mass is 10.00. The fraction of sp³-hybridized carbons (Fsp3) is 0.467. The molecule has 3 heteroatoms. The molecule has 0 saturated heterocycles. The molecule has 0 amide bonds. The Bertz CT molecular complexity index is 532. The number of fused-ring (bicyclic) bond motifs is 1. The first kappa shape index (κ1) is 13.4. The summed E-state index contributed by atoms with van der Waals surface area (Å²) in [6.07, 6.45) is 0. The summed E-state index contributed by atoms with van der Waals surface area (Å²) >= 11 is 6.13. The van der Waals surface area contributed by atoms with Gasteiger partial charge in [0.15, 0.2) is 5.58 Å². The number of hydrogen-bond donors (Lipinski definition) is 1. The van der Waals surface area contributed by atoms with E-state index < -0.39 is 0 Å². The van der Waals surface area contributed by atoms with Gasteiger partial charge in [0.2, 0.25) is 0 Å². The van der Waals surface area contributed by atoms with E-state index in [2.05, 4.69) is 39.1 Å². The number of benzene rings is 1. The van der Waals surface area contributed by atoms with Crippen LogP contribution in [0.4, 0.5) is 0 Å². The molecule has 0 spiro atoms. The molecule has 18 heavy (non-hydrogen) atoms. The minimum absolute atomic E-state index is 0.316. The largest absolute Gasteiger partial charge is 0.459 e. The van der Waals surface area contributed by atoms with Gasteiger partial charge in [-0.15, -0.1) is 0 Å². The number of rotatable bonds is 4. The highest BCUT2D eigenvalue weighted by atomic mass is 35.5. The van der Waals surface area contributed by atoms with Gasteiger partial charge in [0.25, 0.3) is 0 Å². The molecule has 0 aliphatic rings. The smallest absolute Gasteiger partial charge is 0.152 e.